The number of carbonyl (C=O) groups is 1. The summed E-state index contributed by atoms with van der Waals surface area (Å²) in [7, 11) is 0. The van der Waals surface area contributed by atoms with Gasteiger partial charge in [0.1, 0.15) is 0 Å². The molecule has 0 atom stereocenters. The third kappa shape index (κ3) is 0.948. The molecule has 2 N–H and O–H groups in total. The van der Waals surface area contributed by atoms with Crippen molar-refractivity contribution in [1.82, 2.24) is 4.90 Å². The Morgan fingerprint density at radius 2 is 1.73 bits per heavy atom. The van der Waals surface area contributed by atoms with E-state index >= 15 is 0 Å². The molecule has 0 spiro atoms. The summed E-state index contributed by atoms with van der Waals surface area (Å²) in [4.78, 5) is 13.3. The smallest absolute Gasteiger partial charge is 0.236 e. The van der Waals surface area contributed by atoms with Gasteiger partial charge in [0.15, 0.2) is 0 Å². The third-order valence-corrected chi connectivity index (χ3v) is 2.92. The minimum Gasteiger partial charge on any atom is -0.336 e. The molecule has 2 heterocycles. The molecule has 0 radical (unpaired) electrons. The van der Waals surface area contributed by atoms with Crippen molar-refractivity contribution in [3.8, 4) is 0 Å². The molecule has 0 aromatic carbocycles. The molecule has 2 aliphatic rings. The van der Waals surface area contributed by atoms with E-state index in [1.165, 1.54) is 25.7 Å². The van der Waals surface area contributed by atoms with E-state index < -0.39 is 0 Å². The highest BCUT2D eigenvalue weighted by Crippen LogP contribution is 2.36. The largest absolute Gasteiger partial charge is 0.336 e. The Morgan fingerprint density at radius 3 is 2.09 bits per heavy atom. The fourth-order valence-corrected chi connectivity index (χ4v) is 2.43. The molecule has 3 heteroatoms. The summed E-state index contributed by atoms with van der Waals surface area (Å²) in [5.74, 6) is 0.148. The van der Waals surface area contributed by atoms with Gasteiger partial charge in [-0.1, -0.05) is 0 Å². The molecule has 11 heavy (non-hydrogen) atoms. The first-order valence-corrected chi connectivity index (χ1v) is 4.34. The van der Waals surface area contributed by atoms with Gasteiger partial charge in [0.05, 0.1) is 6.54 Å². The summed E-state index contributed by atoms with van der Waals surface area (Å²) in [5, 5.41) is 0. The summed E-state index contributed by atoms with van der Waals surface area (Å²) < 4.78 is 0. The summed E-state index contributed by atoms with van der Waals surface area (Å²) >= 11 is 0. The zero-order valence-electron chi connectivity index (χ0n) is 6.62. The van der Waals surface area contributed by atoms with Gasteiger partial charge in [-0.25, -0.2) is 0 Å². The highest BCUT2D eigenvalue weighted by atomic mass is 16.2. The Bertz CT molecular complexity index is 161. The molecule has 0 aliphatic carbocycles. The molecule has 62 valence electrons. The summed E-state index contributed by atoms with van der Waals surface area (Å²) in [6, 6.07) is 1.08. The first-order chi connectivity index (χ1) is 5.33. The fraction of sp³-hybridized carbons (Fsp3) is 0.875. The lowest BCUT2D eigenvalue weighted by molar-refractivity contribution is -0.130. The molecule has 0 aromatic rings. The highest BCUT2D eigenvalue weighted by Gasteiger charge is 2.41. The molecule has 0 aromatic heterocycles. The van der Waals surface area contributed by atoms with Crippen LogP contribution in [0.5, 0.6) is 0 Å². The van der Waals surface area contributed by atoms with Crippen LogP contribution in [0, 0.1) is 0 Å². The van der Waals surface area contributed by atoms with Gasteiger partial charge in [0.2, 0.25) is 5.91 Å². The van der Waals surface area contributed by atoms with Crippen LogP contribution in [-0.4, -0.2) is 29.4 Å². The number of nitrogens with two attached hydrogens (primary N) is 1. The van der Waals surface area contributed by atoms with Gasteiger partial charge < -0.3 is 10.6 Å². The van der Waals surface area contributed by atoms with Crippen LogP contribution in [0.15, 0.2) is 0 Å². The van der Waals surface area contributed by atoms with Crippen molar-refractivity contribution in [3.63, 3.8) is 0 Å². The van der Waals surface area contributed by atoms with E-state index in [0.29, 0.717) is 12.1 Å². The van der Waals surface area contributed by atoms with Crippen LogP contribution in [0.3, 0.4) is 0 Å². The topological polar surface area (TPSA) is 46.3 Å². The molecule has 0 saturated carbocycles. The number of rotatable bonds is 1. The Balaban J connectivity index is 2.09. The predicted molar refractivity (Wildman–Crippen MR) is 41.9 cm³/mol. The third-order valence-electron chi connectivity index (χ3n) is 2.92. The second-order valence-electron chi connectivity index (χ2n) is 3.47. The van der Waals surface area contributed by atoms with Crippen LogP contribution in [-0.2, 0) is 4.79 Å². The molecule has 2 saturated heterocycles. The zero-order valence-corrected chi connectivity index (χ0v) is 6.62. The second-order valence-corrected chi connectivity index (χ2v) is 3.47. The lowest BCUT2D eigenvalue weighted by Gasteiger charge is -2.20. The quantitative estimate of drug-likeness (QED) is 0.582. The Kier molecular flexibility index (Phi) is 1.60. The Labute approximate surface area is 66.5 Å². The van der Waals surface area contributed by atoms with E-state index in [0.717, 1.165) is 0 Å². The summed E-state index contributed by atoms with van der Waals surface area (Å²) in [6.45, 7) is 0.188. The number of fused-ring (bicyclic) bond motifs is 2. The average Bonchev–Trinajstić information content (AvgIpc) is 2.61. The molecule has 0 unspecified atom stereocenters. The SMILES string of the molecule is NCC(=O)N1C2CCC1CC2. The Hall–Kier alpha value is -0.570. The molecular formula is C8H14N2O. The fourth-order valence-electron chi connectivity index (χ4n) is 2.43. The molecule has 2 bridgehead atoms. The van der Waals surface area contributed by atoms with E-state index in [1.54, 1.807) is 0 Å². The Morgan fingerprint density at radius 1 is 1.27 bits per heavy atom. The standard InChI is InChI=1S/C8H14N2O/c9-5-8(11)10-6-1-2-7(10)4-3-6/h6-7H,1-5,9H2. The van der Waals surface area contributed by atoms with Crippen molar-refractivity contribution in [3.05, 3.63) is 0 Å². The van der Waals surface area contributed by atoms with Crippen LogP contribution >= 0.6 is 0 Å². The van der Waals surface area contributed by atoms with Crippen LogP contribution in [0.2, 0.25) is 0 Å². The number of amides is 1. The number of hydrogen-bond acceptors (Lipinski definition) is 2. The van der Waals surface area contributed by atoms with Gasteiger partial charge in [-0.3, -0.25) is 4.79 Å². The zero-order chi connectivity index (χ0) is 7.84. The molecule has 1 amide bonds. The van der Waals surface area contributed by atoms with Gasteiger partial charge in [0, 0.05) is 12.1 Å². The average molecular weight is 154 g/mol. The van der Waals surface area contributed by atoms with Gasteiger partial charge in [-0.2, -0.15) is 0 Å². The molecule has 2 aliphatic heterocycles. The predicted octanol–water partition coefficient (Wildman–Crippen LogP) is 0.0985. The molecule has 2 fully saturated rings. The van der Waals surface area contributed by atoms with Crippen molar-refractivity contribution in [2.24, 2.45) is 5.73 Å². The van der Waals surface area contributed by atoms with E-state index in [-0.39, 0.29) is 12.5 Å². The first kappa shape index (κ1) is 7.10. The van der Waals surface area contributed by atoms with E-state index in [2.05, 4.69) is 0 Å². The minimum atomic E-state index is 0.148. The van der Waals surface area contributed by atoms with Crippen molar-refractivity contribution in [2.45, 2.75) is 37.8 Å². The van der Waals surface area contributed by atoms with Crippen LogP contribution in [0.25, 0.3) is 0 Å². The van der Waals surface area contributed by atoms with Crippen LogP contribution < -0.4 is 5.73 Å². The van der Waals surface area contributed by atoms with Crippen molar-refractivity contribution < 1.29 is 4.79 Å². The number of carbonyl (C=O) groups excluding carboxylic acids is 1. The lowest BCUT2D eigenvalue weighted by atomic mass is 10.0. The molecule has 2 rings (SSSR count). The van der Waals surface area contributed by atoms with Gasteiger partial charge >= 0.3 is 0 Å². The van der Waals surface area contributed by atoms with Crippen molar-refractivity contribution >= 4 is 5.91 Å². The molecular weight excluding hydrogens is 140 g/mol. The van der Waals surface area contributed by atoms with Gasteiger partial charge in [-0.15, -0.1) is 0 Å². The first-order valence-electron chi connectivity index (χ1n) is 4.34. The van der Waals surface area contributed by atoms with Gasteiger partial charge in [-0.05, 0) is 25.7 Å². The van der Waals surface area contributed by atoms with Crippen LogP contribution in [0.4, 0.5) is 0 Å². The van der Waals surface area contributed by atoms with Crippen molar-refractivity contribution in [1.29, 1.82) is 0 Å². The normalized spacial score (nSPS) is 34.8. The second kappa shape index (κ2) is 2.48. The number of nitrogens with zero attached hydrogens (tertiary/aromatic N) is 1. The van der Waals surface area contributed by atoms with Crippen LogP contribution in [0.1, 0.15) is 25.7 Å². The van der Waals surface area contributed by atoms with Crippen molar-refractivity contribution in [2.75, 3.05) is 6.54 Å². The van der Waals surface area contributed by atoms with E-state index in [9.17, 15) is 4.79 Å². The highest BCUT2D eigenvalue weighted by molar-refractivity contribution is 5.79. The number of hydrogen-bond donors (Lipinski definition) is 1. The van der Waals surface area contributed by atoms with Gasteiger partial charge in [0.25, 0.3) is 0 Å². The minimum absolute atomic E-state index is 0.148. The summed E-state index contributed by atoms with van der Waals surface area (Å²) in [6.07, 6.45) is 4.82. The van der Waals surface area contributed by atoms with E-state index in [1.807, 2.05) is 4.90 Å². The van der Waals surface area contributed by atoms with E-state index in [4.69, 9.17) is 5.73 Å². The monoisotopic (exact) mass is 154 g/mol. The maximum Gasteiger partial charge on any atom is 0.236 e. The maximum absolute atomic E-state index is 11.3. The lowest BCUT2D eigenvalue weighted by Crippen LogP contribution is -2.39. The maximum atomic E-state index is 11.3. The summed E-state index contributed by atoms with van der Waals surface area (Å²) in [5.41, 5.74) is 5.31. The molecule has 3 nitrogen and oxygen atoms in total.